The lowest BCUT2D eigenvalue weighted by atomic mass is 10.1. The van der Waals surface area contributed by atoms with Crippen LogP contribution in [-0.2, 0) is 14.8 Å². The van der Waals surface area contributed by atoms with Gasteiger partial charge in [-0.05, 0) is 55.3 Å². The zero-order chi connectivity index (χ0) is 22.8. The molecule has 0 saturated carbocycles. The first-order chi connectivity index (χ1) is 14.6. The molecule has 1 unspecified atom stereocenters. The molecular weight excluding hydrogens is 434 g/mol. The number of carbonyl (C=O) groups excluding carboxylic acids is 1. The van der Waals surface area contributed by atoms with Crippen molar-refractivity contribution in [3.8, 4) is 5.75 Å². The smallest absolute Gasteiger partial charge is 0.266 e. The number of sulfonamides is 1. The van der Waals surface area contributed by atoms with Crippen molar-refractivity contribution in [2.24, 2.45) is 4.99 Å². The first-order valence-corrected chi connectivity index (χ1v) is 12.2. The summed E-state index contributed by atoms with van der Waals surface area (Å²) < 4.78 is 31.7. The summed E-state index contributed by atoms with van der Waals surface area (Å²) >= 11 is 1.48. The molecular formula is C22H27N3O4S2. The molecule has 7 nitrogen and oxygen atoms in total. The van der Waals surface area contributed by atoms with E-state index in [0.29, 0.717) is 23.1 Å². The molecule has 1 saturated heterocycles. The van der Waals surface area contributed by atoms with Gasteiger partial charge in [-0.2, -0.15) is 0 Å². The highest BCUT2D eigenvalue weighted by Crippen LogP contribution is 2.29. The van der Waals surface area contributed by atoms with Gasteiger partial charge in [0.1, 0.15) is 5.75 Å². The molecule has 0 bridgehead atoms. The van der Waals surface area contributed by atoms with E-state index in [1.165, 1.54) is 38.0 Å². The molecule has 1 fully saturated rings. The lowest BCUT2D eigenvalue weighted by molar-refractivity contribution is -0.129. The van der Waals surface area contributed by atoms with Crippen molar-refractivity contribution in [3.63, 3.8) is 0 Å². The minimum absolute atomic E-state index is 0.0930. The predicted molar refractivity (Wildman–Crippen MR) is 125 cm³/mol. The van der Waals surface area contributed by atoms with Crippen molar-refractivity contribution in [2.75, 3.05) is 27.2 Å². The number of aryl methyl sites for hydroxylation is 2. The van der Waals surface area contributed by atoms with E-state index in [2.05, 4.69) is 4.99 Å². The minimum atomic E-state index is -3.56. The van der Waals surface area contributed by atoms with E-state index in [9.17, 15) is 13.2 Å². The number of hydrogen-bond acceptors (Lipinski definition) is 6. The Morgan fingerprint density at radius 1 is 1.19 bits per heavy atom. The monoisotopic (exact) mass is 461 g/mol. The molecule has 9 heteroatoms. The summed E-state index contributed by atoms with van der Waals surface area (Å²) in [7, 11) is -0.594. The number of amides is 1. The summed E-state index contributed by atoms with van der Waals surface area (Å²) in [6.07, 6.45) is 0. The number of benzene rings is 2. The van der Waals surface area contributed by atoms with Crippen molar-refractivity contribution in [2.45, 2.75) is 30.9 Å². The molecule has 0 spiro atoms. The van der Waals surface area contributed by atoms with Gasteiger partial charge >= 0.3 is 0 Å². The van der Waals surface area contributed by atoms with Gasteiger partial charge < -0.3 is 4.74 Å². The molecule has 2 aromatic rings. The fourth-order valence-electron chi connectivity index (χ4n) is 3.19. The highest BCUT2D eigenvalue weighted by atomic mass is 32.2. The molecule has 0 N–H and O–H groups in total. The van der Waals surface area contributed by atoms with Crippen molar-refractivity contribution in [1.82, 2.24) is 9.21 Å². The third kappa shape index (κ3) is 5.66. The lowest BCUT2D eigenvalue weighted by Gasteiger charge is -2.17. The van der Waals surface area contributed by atoms with Crippen LogP contribution in [0.25, 0.3) is 0 Å². The standard InChI is InChI=1S/C22H27N3O4S2/c1-15-9-16(2)11-19(10-15)29-14-21(26)25-13-17(3)30-22(25)23-18-7-6-8-20(12-18)31(27,28)24(4)5/h6-12,17H,13-14H2,1-5H3. The van der Waals surface area contributed by atoms with Crippen LogP contribution in [0.2, 0.25) is 0 Å². The van der Waals surface area contributed by atoms with E-state index in [-0.39, 0.29) is 22.7 Å². The number of carbonyl (C=O) groups is 1. The summed E-state index contributed by atoms with van der Waals surface area (Å²) in [5, 5.41) is 0.721. The Kier molecular flexibility index (Phi) is 7.08. The van der Waals surface area contributed by atoms with Gasteiger partial charge in [-0.25, -0.2) is 17.7 Å². The molecule has 166 valence electrons. The van der Waals surface area contributed by atoms with Gasteiger partial charge in [0.05, 0.1) is 10.6 Å². The highest BCUT2D eigenvalue weighted by molar-refractivity contribution is 8.14. The Morgan fingerprint density at radius 2 is 1.87 bits per heavy atom. The topological polar surface area (TPSA) is 79.3 Å². The number of thioether (sulfide) groups is 1. The fraction of sp³-hybridized carbons (Fsp3) is 0.364. The Bertz CT molecular complexity index is 1090. The van der Waals surface area contributed by atoms with E-state index in [1.807, 2.05) is 39.0 Å². The molecule has 0 aromatic heterocycles. The fourth-order valence-corrected chi connectivity index (χ4v) is 5.17. The van der Waals surface area contributed by atoms with Gasteiger partial charge in [-0.3, -0.25) is 9.69 Å². The van der Waals surface area contributed by atoms with Crippen LogP contribution in [0.15, 0.2) is 52.4 Å². The molecule has 31 heavy (non-hydrogen) atoms. The SMILES string of the molecule is Cc1cc(C)cc(OCC(=O)N2CC(C)SC2=Nc2cccc(S(=O)(=O)N(C)C)c2)c1. The van der Waals surface area contributed by atoms with Gasteiger partial charge in [0.15, 0.2) is 11.8 Å². The van der Waals surface area contributed by atoms with Crippen LogP contribution in [-0.4, -0.2) is 61.2 Å². The average molecular weight is 462 g/mol. The van der Waals surface area contributed by atoms with Gasteiger partial charge in [-0.1, -0.05) is 30.8 Å². The minimum Gasteiger partial charge on any atom is -0.484 e. The maximum absolute atomic E-state index is 12.9. The van der Waals surface area contributed by atoms with Gasteiger partial charge in [0, 0.05) is 25.9 Å². The molecule has 1 aliphatic heterocycles. The van der Waals surface area contributed by atoms with E-state index in [1.54, 1.807) is 17.0 Å². The van der Waals surface area contributed by atoms with Crippen molar-refractivity contribution in [1.29, 1.82) is 0 Å². The first-order valence-electron chi connectivity index (χ1n) is 9.85. The van der Waals surface area contributed by atoms with Gasteiger partial charge in [0.25, 0.3) is 5.91 Å². The normalized spacial score (nSPS) is 18.1. The Hall–Kier alpha value is -2.36. The Labute approximate surface area is 188 Å². The van der Waals surface area contributed by atoms with E-state index in [4.69, 9.17) is 4.74 Å². The first kappa shape index (κ1) is 23.3. The van der Waals surface area contributed by atoms with Crippen LogP contribution >= 0.6 is 11.8 Å². The molecule has 2 aromatic carbocycles. The third-order valence-electron chi connectivity index (χ3n) is 4.66. The summed E-state index contributed by atoms with van der Waals surface area (Å²) in [6.45, 7) is 6.41. The molecule has 1 amide bonds. The van der Waals surface area contributed by atoms with E-state index in [0.717, 1.165) is 15.4 Å². The van der Waals surface area contributed by atoms with Crippen LogP contribution in [0.4, 0.5) is 5.69 Å². The number of amidine groups is 1. The van der Waals surface area contributed by atoms with Crippen LogP contribution < -0.4 is 4.74 Å². The van der Waals surface area contributed by atoms with Crippen LogP contribution in [0.3, 0.4) is 0 Å². The Balaban J connectivity index is 1.79. The van der Waals surface area contributed by atoms with Crippen molar-refractivity contribution >= 4 is 38.5 Å². The van der Waals surface area contributed by atoms with Crippen molar-refractivity contribution < 1.29 is 17.9 Å². The summed E-state index contributed by atoms with van der Waals surface area (Å²) in [6, 6.07) is 12.3. The van der Waals surface area contributed by atoms with E-state index < -0.39 is 10.0 Å². The second-order valence-corrected chi connectivity index (χ2v) is 11.3. The lowest BCUT2D eigenvalue weighted by Crippen LogP contribution is -2.36. The molecule has 1 heterocycles. The summed E-state index contributed by atoms with van der Waals surface area (Å²) in [4.78, 5) is 19.2. The van der Waals surface area contributed by atoms with Crippen LogP contribution in [0.5, 0.6) is 5.75 Å². The molecule has 1 atom stereocenters. The predicted octanol–water partition coefficient (Wildman–Crippen LogP) is 3.58. The number of hydrogen-bond donors (Lipinski definition) is 0. The number of ether oxygens (including phenoxy) is 1. The third-order valence-corrected chi connectivity index (χ3v) is 7.54. The number of aliphatic imine (C=N–C) groups is 1. The van der Waals surface area contributed by atoms with Gasteiger partial charge in [-0.15, -0.1) is 0 Å². The quantitative estimate of drug-likeness (QED) is 0.657. The van der Waals surface area contributed by atoms with Crippen LogP contribution in [0, 0.1) is 13.8 Å². The van der Waals surface area contributed by atoms with E-state index >= 15 is 0 Å². The number of rotatable bonds is 6. The Morgan fingerprint density at radius 3 is 2.52 bits per heavy atom. The zero-order valence-corrected chi connectivity index (χ0v) is 20.0. The molecule has 0 radical (unpaired) electrons. The molecule has 3 rings (SSSR count). The molecule has 1 aliphatic rings. The summed E-state index contributed by atoms with van der Waals surface area (Å²) in [5.74, 6) is 0.470. The van der Waals surface area contributed by atoms with Crippen molar-refractivity contribution in [3.05, 3.63) is 53.6 Å². The second-order valence-electron chi connectivity index (χ2n) is 7.72. The maximum atomic E-state index is 12.9. The zero-order valence-electron chi connectivity index (χ0n) is 18.3. The average Bonchev–Trinajstić information content (AvgIpc) is 3.05. The second kappa shape index (κ2) is 9.42. The highest BCUT2D eigenvalue weighted by Gasteiger charge is 2.31. The number of nitrogens with zero attached hydrogens (tertiary/aromatic N) is 3. The maximum Gasteiger partial charge on any atom is 0.266 e. The summed E-state index contributed by atoms with van der Waals surface area (Å²) in [5.41, 5.74) is 2.62. The van der Waals surface area contributed by atoms with Gasteiger partial charge in [0.2, 0.25) is 10.0 Å². The largest absolute Gasteiger partial charge is 0.484 e. The molecule has 0 aliphatic carbocycles. The van der Waals surface area contributed by atoms with Crippen LogP contribution in [0.1, 0.15) is 18.1 Å².